The molecule has 2 rings (SSSR count). The van der Waals surface area contributed by atoms with E-state index in [1.807, 2.05) is 13.8 Å². The van der Waals surface area contributed by atoms with Crippen molar-refractivity contribution in [2.24, 2.45) is 0 Å². The van der Waals surface area contributed by atoms with Crippen molar-refractivity contribution in [3.8, 4) is 11.5 Å². The molecule has 3 nitrogen and oxygen atoms in total. The highest BCUT2D eigenvalue weighted by Crippen LogP contribution is 2.34. The fourth-order valence-electron chi connectivity index (χ4n) is 2.39. The maximum Gasteiger partial charge on any atom is 0.174 e. The van der Waals surface area contributed by atoms with Crippen molar-refractivity contribution in [1.29, 1.82) is 0 Å². The molecule has 0 unspecified atom stereocenters. The van der Waals surface area contributed by atoms with Gasteiger partial charge in [-0.05, 0) is 85.2 Å². The quantitative estimate of drug-likeness (QED) is 0.610. The topological polar surface area (TPSA) is 30.5 Å². The van der Waals surface area contributed by atoms with Crippen LogP contribution in [-0.4, -0.2) is 13.2 Å². The Balaban J connectivity index is 2.21. The van der Waals surface area contributed by atoms with E-state index >= 15 is 0 Å². The van der Waals surface area contributed by atoms with Gasteiger partial charge in [-0.2, -0.15) is 0 Å². The number of halogens is 1. The highest BCUT2D eigenvalue weighted by molar-refractivity contribution is 14.1. The van der Waals surface area contributed by atoms with Crippen molar-refractivity contribution >= 4 is 28.3 Å². The Bertz CT molecular complexity index is 671. The Labute approximate surface area is 152 Å². The van der Waals surface area contributed by atoms with Gasteiger partial charge in [0.05, 0.1) is 16.8 Å². The summed E-state index contributed by atoms with van der Waals surface area (Å²) < 4.78 is 12.5. The molecule has 0 aliphatic carbocycles. The van der Waals surface area contributed by atoms with Crippen molar-refractivity contribution in [1.82, 2.24) is 0 Å². The van der Waals surface area contributed by atoms with Crippen LogP contribution >= 0.6 is 22.6 Å². The summed E-state index contributed by atoms with van der Waals surface area (Å²) in [6.45, 7) is 10.2. The molecule has 2 aromatic carbocycles. The van der Waals surface area contributed by atoms with E-state index in [9.17, 15) is 0 Å². The molecule has 1 N–H and O–H groups in total. The molecule has 0 atom stereocenters. The fraction of sp³-hybridized carbons (Fsp3) is 0.368. The van der Waals surface area contributed by atoms with Crippen LogP contribution in [-0.2, 0) is 6.54 Å². The van der Waals surface area contributed by atoms with Crippen LogP contribution in [0.3, 0.4) is 0 Å². The second-order valence-electron chi connectivity index (χ2n) is 5.44. The largest absolute Gasteiger partial charge is 0.490 e. The summed E-state index contributed by atoms with van der Waals surface area (Å²) in [4.78, 5) is 0. The lowest BCUT2D eigenvalue weighted by Gasteiger charge is -2.16. The number of nitrogens with one attached hydrogen (secondary N) is 1. The van der Waals surface area contributed by atoms with E-state index in [4.69, 9.17) is 9.47 Å². The maximum absolute atomic E-state index is 5.75. The van der Waals surface area contributed by atoms with E-state index in [1.54, 1.807) is 0 Å². The molecule has 0 aliphatic heterocycles. The molecule has 0 aliphatic rings. The number of hydrogen-bond donors (Lipinski definition) is 1. The predicted octanol–water partition coefficient (Wildman–Crippen LogP) is 5.32. The van der Waals surface area contributed by atoms with Gasteiger partial charge >= 0.3 is 0 Å². The van der Waals surface area contributed by atoms with Crippen LogP contribution in [0, 0.1) is 17.4 Å². The molecule has 2 aromatic rings. The minimum absolute atomic E-state index is 0.629. The van der Waals surface area contributed by atoms with Crippen molar-refractivity contribution in [2.45, 2.75) is 34.2 Å². The summed E-state index contributed by atoms with van der Waals surface area (Å²) in [6, 6.07) is 10.7. The van der Waals surface area contributed by atoms with Crippen LogP contribution < -0.4 is 14.8 Å². The van der Waals surface area contributed by atoms with Crippen molar-refractivity contribution in [3.63, 3.8) is 0 Å². The normalized spacial score (nSPS) is 10.5. The van der Waals surface area contributed by atoms with Gasteiger partial charge in [0.25, 0.3) is 0 Å². The number of aryl methyl sites for hydroxylation is 2. The Hall–Kier alpha value is -1.43. The molecular formula is C19H24INO2. The molecule has 0 fully saturated rings. The predicted molar refractivity (Wildman–Crippen MR) is 105 cm³/mol. The first-order chi connectivity index (χ1) is 11.0. The molecule has 0 spiro atoms. The lowest BCUT2D eigenvalue weighted by Crippen LogP contribution is -2.05. The molecule has 0 amide bonds. The number of benzene rings is 2. The molecule has 124 valence electrons. The van der Waals surface area contributed by atoms with E-state index in [2.05, 4.69) is 72.1 Å². The molecule has 23 heavy (non-hydrogen) atoms. The van der Waals surface area contributed by atoms with E-state index in [0.717, 1.165) is 21.6 Å². The Morgan fingerprint density at radius 1 is 1.00 bits per heavy atom. The molecule has 0 aromatic heterocycles. The Kier molecular flexibility index (Phi) is 6.57. The summed E-state index contributed by atoms with van der Waals surface area (Å²) in [5.74, 6) is 1.66. The van der Waals surface area contributed by atoms with Gasteiger partial charge in [-0.15, -0.1) is 0 Å². The van der Waals surface area contributed by atoms with Gasteiger partial charge < -0.3 is 14.8 Å². The zero-order chi connectivity index (χ0) is 16.8. The second-order valence-corrected chi connectivity index (χ2v) is 6.61. The van der Waals surface area contributed by atoms with Crippen LogP contribution in [0.1, 0.15) is 30.5 Å². The summed E-state index contributed by atoms with van der Waals surface area (Å²) >= 11 is 2.31. The molecule has 0 radical (unpaired) electrons. The van der Waals surface area contributed by atoms with Gasteiger partial charge in [0.15, 0.2) is 11.5 Å². The first-order valence-corrected chi connectivity index (χ1v) is 9.02. The lowest BCUT2D eigenvalue weighted by atomic mass is 10.1. The van der Waals surface area contributed by atoms with Gasteiger partial charge in [0.2, 0.25) is 0 Å². The number of hydrogen-bond acceptors (Lipinski definition) is 3. The first kappa shape index (κ1) is 17.9. The lowest BCUT2D eigenvalue weighted by molar-refractivity contribution is 0.286. The monoisotopic (exact) mass is 425 g/mol. The average molecular weight is 425 g/mol. The third-order valence-electron chi connectivity index (χ3n) is 3.53. The summed E-state index contributed by atoms with van der Waals surface area (Å²) in [6.07, 6.45) is 0. The van der Waals surface area contributed by atoms with Gasteiger partial charge in [0.1, 0.15) is 0 Å². The van der Waals surface area contributed by atoms with E-state index in [0.29, 0.717) is 13.2 Å². The van der Waals surface area contributed by atoms with E-state index in [-0.39, 0.29) is 0 Å². The van der Waals surface area contributed by atoms with Crippen LogP contribution in [0.4, 0.5) is 5.69 Å². The smallest absolute Gasteiger partial charge is 0.174 e. The highest BCUT2D eigenvalue weighted by Gasteiger charge is 2.12. The third kappa shape index (κ3) is 4.77. The summed E-state index contributed by atoms with van der Waals surface area (Å²) in [5.41, 5.74) is 4.87. The van der Waals surface area contributed by atoms with Gasteiger partial charge in [0, 0.05) is 12.2 Å². The molecule has 0 bridgehead atoms. The number of ether oxygens (including phenoxy) is 2. The van der Waals surface area contributed by atoms with Crippen LogP contribution in [0.2, 0.25) is 0 Å². The van der Waals surface area contributed by atoms with Crippen molar-refractivity contribution in [2.75, 3.05) is 18.5 Å². The first-order valence-electron chi connectivity index (χ1n) is 7.94. The molecular weight excluding hydrogens is 401 g/mol. The Morgan fingerprint density at radius 3 is 2.43 bits per heavy atom. The van der Waals surface area contributed by atoms with E-state index in [1.165, 1.54) is 22.4 Å². The summed E-state index contributed by atoms with van der Waals surface area (Å²) in [7, 11) is 0. The van der Waals surface area contributed by atoms with E-state index < -0.39 is 0 Å². The average Bonchev–Trinajstić information content (AvgIpc) is 2.52. The highest BCUT2D eigenvalue weighted by atomic mass is 127. The summed E-state index contributed by atoms with van der Waals surface area (Å²) in [5, 5.41) is 3.52. The third-order valence-corrected chi connectivity index (χ3v) is 4.34. The Morgan fingerprint density at radius 2 is 1.74 bits per heavy atom. The zero-order valence-corrected chi connectivity index (χ0v) is 16.4. The minimum Gasteiger partial charge on any atom is -0.490 e. The fourth-order valence-corrected chi connectivity index (χ4v) is 3.22. The SMILES string of the molecule is CCOc1cc(CNc2cc(C)ccc2C)cc(I)c1OCC. The minimum atomic E-state index is 0.629. The number of anilines is 1. The standard InChI is InChI=1S/C19H24INO2/c1-5-22-18-11-15(10-16(20)19(18)23-6-2)12-21-17-9-13(3)7-8-14(17)4/h7-11,21H,5-6,12H2,1-4H3. The second kappa shape index (κ2) is 8.43. The molecule has 0 saturated heterocycles. The van der Waals surface area contributed by atoms with Gasteiger partial charge in [-0.1, -0.05) is 12.1 Å². The van der Waals surface area contributed by atoms with Crippen molar-refractivity contribution in [3.05, 3.63) is 50.6 Å². The van der Waals surface area contributed by atoms with Gasteiger partial charge in [-0.3, -0.25) is 0 Å². The molecule has 0 heterocycles. The molecule has 0 saturated carbocycles. The van der Waals surface area contributed by atoms with Crippen LogP contribution in [0.15, 0.2) is 30.3 Å². The number of rotatable bonds is 7. The maximum atomic E-state index is 5.75. The van der Waals surface area contributed by atoms with Gasteiger partial charge in [-0.25, -0.2) is 0 Å². The zero-order valence-electron chi connectivity index (χ0n) is 14.2. The van der Waals surface area contributed by atoms with Crippen LogP contribution in [0.5, 0.6) is 11.5 Å². The van der Waals surface area contributed by atoms with Crippen molar-refractivity contribution < 1.29 is 9.47 Å². The molecule has 4 heteroatoms. The van der Waals surface area contributed by atoms with Crippen LogP contribution in [0.25, 0.3) is 0 Å².